The first-order chi connectivity index (χ1) is 10.0. The van der Waals surface area contributed by atoms with Crippen molar-refractivity contribution in [1.82, 2.24) is 0 Å². The molecule has 0 aliphatic heterocycles. The fourth-order valence-corrected chi connectivity index (χ4v) is 1.60. The molecule has 0 aliphatic rings. The Bertz CT molecular complexity index is 623. The van der Waals surface area contributed by atoms with Crippen molar-refractivity contribution in [3.05, 3.63) is 29.3 Å². The number of rotatable bonds is 3. The largest absolute Gasteiger partial charge is 0.479 e. The summed E-state index contributed by atoms with van der Waals surface area (Å²) in [4.78, 5) is 0. The molecule has 0 fully saturated rings. The van der Waals surface area contributed by atoms with Gasteiger partial charge in [0.05, 0.1) is 11.5 Å². The summed E-state index contributed by atoms with van der Waals surface area (Å²) in [6.07, 6.45) is -13.6. The molecule has 9 heteroatoms. The zero-order chi connectivity index (χ0) is 17.1. The average molecular weight is 322 g/mol. The van der Waals surface area contributed by atoms with Crippen molar-refractivity contribution in [3.63, 3.8) is 0 Å². The Balaban J connectivity index is 3.29. The topological polar surface area (TPSA) is 56.8 Å². The highest BCUT2D eigenvalue weighted by molar-refractivity contribution is 5.53. The number of hydrogen-bond acceptors (Lipinski definition) is 3. The maximum absolute atomic E-state index is 12.8. The number of benzene rings is 1. The number of ether oxygens (including phenoxy) is 1. The first kappa shape index (κ1) is 17.6. The standard InChI is InChI=1S/C13H8F6N2O/c1-7(12(14,15)16)11(13(17,18)19)22-10-4-2-3-8(5-20)9(10)6-21/h2-4,7,11H,1H3. The number of halogens is 6. The zero-order valence-corrected chi connectivity index (χ0v) is 11.0. The van der Waals surface area contributed by atoms with Crippen molar-refractivity contribution in [1.29, 1.82) is 10.5 Å². The van der Waals surface area contributed by atoms with E-state index in [0.717, 1.165) is 18.2 Å². The van der Waals surface area contributed by atoms with Crippen LogP contribution >= 0.6 is 0 Å². The van der Waals surface area contributed by atoms with Gasteiger partial charge in [-0.15, -0.1) is 0 Å². The van der Waals surface area contributed by atoms with Crippen molar-refractivity contribution >= 4 is 0 Å². The summed E-state index contributed by atoms with van der Waals surface area (Å²) < 4.78 is 80.6. The van der Waals surface area contributed by atoms with Crippen LogP contribution in [0, 0.1) is 28.6 Å². The van der Waals surface area contributed by atoms with E-state index in [1.165, 1.54) is 6.07 Å². The normalized spacial score (nSPS) is 14.6. The van der Waals surface area contributed by atoms with Crippen LogP contribution < -0.4 is 4.74 Å². The minimum atomic E-state index is -5.30. The molecule has 22 heavy (non-hydrogen) atoms. The summed E-state index contributed by atoms with van der Waals surface area (Å²) in [5, 5.41) is 17.6. The van der Waals surface area contributed by atoms with Gasteiger partial charge in [0.25, 0.3) is 0 Å². The van der Waals surface area contributed by atoms with E-state index in [1.807, 2.05) is 0 Å². The molecule has 0 radical (unpaired) electrons. The van der Waals surface area contributed by atoms with Crippen LogP contribution in [-0.2, 0) is 0 Å². The van der Waals surface area contributed by atoms with Crippen molar-refractivity contribution in [2.24, 2.45) is 5.92 Å². The first-order valence-corrected chi connectivity index (χ1v) is 5.75. The summed E-state index contributed by atoms with van der Waals surface area (Å²) >= 11 is 0. The molecular formula is C13H8F6N2O. The van der Waals surface area contributed by atoms with Crippen LogP contribution in [-0.4, -0.2) is 18.5 Å². The molecule has 2 atom stereocenters. The van der Waals surface area contributed by atoms with Crippen LogP contribution in [0.5, 0.6) is 5.75 Å². The van der Waals surface area contributed by atoms with Gasteiger partial charge in [-0.1, -0.05) is 6.07 Å². The molecule has 2 unspecified atom stereocenters. The molecule has 0 amide bonds. The molecule has 0 bridgehead atoms. The van der Waals surface area contributed by atoms with Crippen LogP contribution in [0.15, 0.2) is 18.2 Å². The molecule has 0 aromatic heterocycles. The van der Waals surface area contributed by atoms with Gasteiger partial charge in [-0.05, 0) is 19.1 Å². The Morgan fingerprint density at radius 2 is 1.59 bits per heavy atom. The van der Waals surface area contributed by atoms with Gasteiger partial charge in [0.2, 0.25) is 6.10 Å². The molecule has 0 spiro atoms. The number of alkyl halides is 6. The van der Waals surface area contributed by atoms with E-state index >= 15 is 0 Å². The van der Waals surface area contributed by atoms with Crippen LogP contribution in [0.2, 0.25) is 0 Å². The molecule has 118 valence electrons. The van der Waals surface area contributed by atoms with E-state index in [1.54, 1.807) is 6.07 Å². The van der Waals surface area contributed by atoms with E-state index in [2.05, 4.69) is 4.74 Å². The third-order valence-electron chi connectivity index (χ3n) is 2.81. The van der Waals surface area contributed by atoms with E-state index in [0.29, 0.717) is 6.92 Å². The Morgan fingerprint density at radius 3 is 2.00 bits per heavy atom. The second-order valence-electron chi connectivity index (χ2n) is 4.31. The highest BCUT2D eigenvalue weighted by Gasteiger charge is 2.55. The van der Waals surface area contributed by atoms with Gasteiger partial charge in [0, 0.05) is 0 Å². The Labute approximate surface area is 121 Å². The van der Waals surface area contributed by atoms with Gasteiger partial charge < -0.3 is 4.74 Å². The van der Waals surface area contributed by atoms with Gasteiger partial charge in [-0.2, -0.15) is 36.9 Å². The quantitative estimate of drug-likeness (QED) is 0.792. The molecule has 0 saturated carbocycles. The van der Waals surface area contributed by atoms with Gasteiger partial charge in [-0.3, -0.25) is 0 Å². The fourth-order valence-electron chi connectivity index (χ4n) is 1.60. The molecule has 0 N–H and O–H groups in total. The van der Waals surface area contributed by atoms with Crippen LogP contribution in [0.25, 0.3) is 0 Å². The van der Waals surface area contributed by atoms with Gasteiger partial charge in [0.1, 0.15) is 23.5 Å². The lowest BCUT2D eigenvalue weighted by molar-refractivity contribution is -0.263. The maximum Gasteiger partial charge on any atom is 0.426 e. The summed E-state index contributed by atoms with van der Waals surface area (Å²) in [5.74, 6) is -3.57. The second kappa shape index (κ2) is 6.14. The van der Waals surface area contributed by atoms with Crippen molar-refractivity contribution in [3.8, 4) is 17.9 Å². The van der Waals surface area contributed by atoms with E-state index < -0.39 is 35.7 Å². The van der Waals surface area contributed by atoms with Crippen LogP contribution in [0.4, 0.5) is 26.3 Å². The molecule has 1 aromatic rings. The number of nitrogens with zero attached hydrogens (tertiary/aromatic N) is 2. The van der Waals surface area contributed by atoms with Crippen molar-refractivity contribution in [2.75, 3.05) is 0 Å². The third kappa shape index (κ3) is 3.82. The number of nitriles is 2. The summed E-state index contributed by atoms with van der Waals surface area (Å²) in [6, 6.07) is 6.16. The maximum atomic E-state index is 12.8. The lowest BCUT2D eigenvalue weighted by Gasteiger charge is -2.28. The molecule has 3 nitrogen and oxygen atoms in total. The minimum absolute atomic E-state index is 0.291. The van der Waals surface area contributed by atoms with Crippen LogP contribution in [0.3, 0.4) is 0 Å². The molecule has 1 rings (SSSR count). The zero-order valence-electron chi connectivity index (χ0n) is 11.0. The lowest BCUT2D eigenvalue weighted by Crippen LogP contribution is -2.46. The van der Waals surface area contributed by atoms with E-state index in [4.69, 9.17) is 10.5 Å². The number of hydrogen-bond donors (Lipinski definition) is 0. The molecular weight excluding hydrogens is 314 g/mol. The van der Waals surface area contributed by atoms with E-state index in [-0.39, 0.29) is 5.56 Å². The van der Waals surface area contributed by atoms with Gasteiger partial charge in [0.15, 0.2) is 0 Å². The SMILES string of the molecule is CC(C(Oc1cccc(C#N)c1C#N)C(F)(F)F)C(F)(F)F. The van der Waals surface area contributed by atoms with E-state index in [9.17, 15) is 26.3 Å². The minimum Gasteiger partial charge on any atom is -0.479 e. The Kier molecular flexibility index (Phi) is 4.92. The third-order valence-corrected chi connectivity index (χ3v) is 2.81. The van der Waals surface area contributed by atoms with Crippen LogP contribution in [0.1, 0.15) is 18.1 Å². The Hall–Kier alpha value is -2.42. The smallest absolute Gasteiger partial charge is 0.426 e. The summed E-state index contributed by atoms with van der Waals surface area (Å²) in [7, 11) is 0. The lowest BCUT2D eigenvalue weighted by atomic mass is 10.0. The second-order valence-corrected chi connectivity index (χ2v) is 4.31. The first-order valence-electron chi connectivity index (χ1n) is 5.75. The highest BCUT2D eigenvalue weighted by atomic mass is 19.4. The summed E-state index contributed by atoms with van der Waals surface area (Å²) in [5.41, 5.74) is -0.839. The highest BCUT2D eigenvalue weighted by Crippen LogP contribution is 2.39. The molecule has 0 aliphatic carbocycles. The fraction of sp³-hybridized carbons (Fsp3) is 0.385. The van der Waals surface area contributed by atoms with Gasteiger partial charge >= 0.3 is 12.4 Å². The molecule has 1 aromatic carbocycles. The Morgan fingerprint density at radius 1 is 1.00 bits per heavy atom. The predicted octanol–water partition coefficient (Wildman–Crippen LogP) is 3.94. The predicted molar refractivity (Wildman–Crippen MR) is 61.6 cm³/mol. The average Bonchev–Trinajstić information content (AvgIpc) is 2.41. The van der Waals surface area contributed by atoms with Crippen molar-refractivity contribution < 1.29 is 31.1 Å². The monoisotopic (exact) mass is 322 g/mol. The summed E-state index contributed by atoms with van der Waals surface area (Å²) in [6.45, 7) is 0.332. The van der Waals surface area contributed by atoms with Gasteiger partial charge in [-0.25, -0.2) is 0 Å². The molecule has 0 heterocycles. The van der Waals surface area contributed by atoms with Crippen molar-refractivity contribution in [2.45, 2.75) is 25.4 Å². The molecule has 0 saturated heterocycles.